The van der Waals surface area contributed by atoms with Crippen molar-refractivity contribution >= 4 is 5.91 Å². The Morgan fingerprint density at radius 2 is 2.29 bits per heavy atom. The molecule has 0 radical (unpaired) electrons. The van der Waals surface area contributed by atoms with Gasteiger partial charge in [-0.25, -0.2) is 4.39 Å². The van der Waals surface area contributed by atoms with Gasteiger partial charge in [0.15, 0.2) is 0 Å². The summed E-state index contributed by atoms with van der Waals surface area (Å²) in [6.07, 6.45) is 0.943. The Hall–Kier alpha value is -1.42. The van der Waals surface area contributed by atoms with Gasteiger partial charge in [0, 0.05) is 18.6 Å². The van der Waals surface area contributed by atoms with Crippen LogP contribution in [0, 0.1) is 11.7 Å². The van der Waals surface area contributed by atoms with E-state index in [1.807, 2.05) is 6.92 Å². The van der Waals surface area contributed by atoms with Crippen LogP contribution in [-0.4, -0.2) is 25.2 Å². The van der Waals surface area contributed by atoms with Crippen molar-refractivity contribution in [3.63, 3.8) is 0 Å². The van der Waals surface area contributed by atoms with Gasteiger partial charge in [-0.2, -0.15) is 0 Å². The third-order valence-corrected chi connectivity index (χ3v) is 3.15. The minimum atomic E-state index is -0.486. The molecule has 2 rings (SSSR count). The van der Waals surface area contributed by atoms with Crippen molar-refractivity contribution in [2.45, 2.75) is 19.4 Å². The number of benzene rings is 1. The summed E-state index contributed by atoms with van der Waals surface area (Å²) in [6.45, 7) is 3.33. The van der Waals surface area contributed by atoms with Crippen molar-refractivity contribution in [1.82, 2.24) is 5.32 Å². The van der Waals surface area contributed by atoms with E-state index in [2.05, 4.69) is 5.32 Å². The molecule has 0 spiro atoms. The average molecular weight is 237 g/mol. The fourth-order valence-corrected chi connectivity index (χ4v) is 1.99. The smallest absolute Gasteiger partial charge is 0.254 e. The molecule has 1 aromatic carbocycles. The Bertz CT molecular complexity index is 402. The largest absolute Gasteiger partial charge is 0.381 e. The van der Waals surface area contributed by atoms with Gasteiger partial charge in [-0.3, -0.25) is 4.79 Å². The van der Waals surface area contributed by atoms with Crippen molar-refractivity contribution in [1.29, 1.82) is 0 Å². The lowest BCUT2D eigenvalue weighted by Gasteiger charge is -2.19. The zero-order chi connectivity index (χ0) is 12.3. The number of carbonyl (C=O) groups is 1. The molecule has 4 heteroatoms. The quantitative estimate of drug-likeness (QED) is 0.873. The molecular weight excluding hydrogens is 221 g/mol. The highest BCUT2D eigenvalue weighted by molar-refractivity contribution is 5.94. The molecule has 1 aliphatic rings. The van der Waals surface area contributed by atoms with Gasteiger partial charge in [0.1, 0.15) is 5.82 Å². The first-order valence-corrected chi connectivity index (χ1v) is 5.81. The molecule has 1 amide bonds. The molecule has 1 saturated heterocycles. The van der Waals surface area contributed by atoms with Crippen molar-refractivity contribution in [3.05, 3.63) is 35.6 Å². The van der Waals surface area contributed by atoms with E-state index in [0.29, 0.717) is 12.5 Å². The minimum absolute atomic E-state index is 0.00426. The normalized spacial score (nSPS) is 21.2. The molecule has 92 valence electrons. The van der Waals surface area contributed by atoms with E-state index in [0.717, 1.165) is 13.0 Å². The van der Waals surface area contributed by atoms with E-state index < -0.39 is 5.82 Å². The Balaban J connectivity index is 1.99. The van der Waals surface area contributed by atoms with Crippen LogP contribution in [0.4, 0.5) is 4.39 Å². The van der Waals surface area contributed by atoms with Crippen LogP contribution in [0.2, 0.25) is 0 Å². The maximum absolute atomic E-state index is 13.4. The molecule has 1 fully saturated rings. The Morgan fingerprint density at radius 1 is 1.53 bits per heavy atom. The van der Waals surface area contributed by atoms with Crippen LogP contribution >= 0.6 is 0 Å². The summed E-state index contributed by atoms with van der Waals surface area (Å²) in [5.74, 6) is -0.520. The molecule has 0 bridgehead atoms. The molecule has 0 aliphatic carbocycles. The van der Waals surface area contributed by atoms with Gasteiger partial charge in [0.05, 0.1) is 12.2 Å². The first-order chi connectivity index (χ1) is 8.18. The molecule has 1 N–H and O–H groups in total. The molecule has 2 unspecified atom stereocenters. The van der Waals surface area contributed by atoms with Gasteiger partial charge in [0.25, 0.3) is 5.91 Å². The standard InChI is InChI=1S/C13H16FNO2/c1-9(10-6-7-17-8-10)15-13(16)11-4-2-3-5-12(11)14/h2-5,9-10H,6-8H2,1H3,(H,15,16). The summed E-state index contributed by atoms with van der Waals surface area (Å²) in [7, 11) is 0. The van der Waals surface area contributed by atoms with E-state index in [4.69, 9.17) is 4.74 Å². The van der Waals surface area contributed by atoms with Gasteiger partial charge in [-0.15, -0.1) is 0 Å². The number of hydrogen-bond acceptors (Lipinski definition) is 2. The monoisotopic (exact) mass is 237 g/mol. The molecule has 17 heavy (non-hydrogen) atoms. The fourth-order valence-electron chi connectivity index (χ4n) is 1.99. The summed E-state index contributed by atoms with van der Waals surface area (Å²) in [6, 6.07) is 6.01. The molecule has 3 nitrogen and oxygen atoms in total. The van der Waals surface area contributed by atoms with Crippen LogP contribution in [0.5, 0.6) is 0 Å². The van der Waals surface area contributed by atoms with E-state index in [1.165, 1.54) is 12.1 Å². The third kappa shape index (κ3) is 2.82. The lowest BCUT2D eigenvalue weighted by atomic mass is 10.0. The summed E-state index contributed by atoms with van der Waals surface area (Å²) >= 11 is 0. The molecule has 0 saturated carbocycles. The minimum Gasteiger partial charge on any atom is -0.381 e. The molecule has 2 atom stereocenters. The van der Waals surface area contributed by atoms with Crippen LogP contribution < -0.4 is 5.32 Å². The van der Waals surface area contributed by atoms with E-state index in [-0.39, 0.29) is 17.5 Å². The maximum atomic E-state index is 13.4. The SMILES string of the molecule is CC(NC(=O)c1ccccc1F)C1CCOC1. The van der Waals surface area contributed by atoms with Crippen LogP contribution in [0.25, 0.3) is 0 Å². The van der Waals surface area contributed by atoms with Crippen LogP contribution in [-0.2, 0) is 4.74 Å². The summed E-state index contributed by atoms with van der Waals surface area (Å²) in [4.78, 5) is 11.8. The average Bonchev–Trinajstić information content (AvgIpc) is 2.82. The third-order valence-electron chi connectivity index (χ3n) is 3.15. The number of rotatable bonds is 3. The number of hydrogen-bond donors (Lipinski definition) is 1. The summed E-state index contributed by atoms with van der Waals surface area (Å²) in [5.41, 5.74) is 0.0956. The second-order valence-electron chi connectivity index (χ2n) is 4.37. The van der Waals surface area contributed by atoms with Crippen molar-refractivity contribution < 1.29 is 13.9 Å². The molecule has 1 heterocycles. The number of amides is 1. The zero-order valence-corrected chi connectivity index (χ0v) is 9.78. The van der Waals surface area contributed by atoms with Crippen LogP contribution in [0.15, 0.2) is 24.3 Å². The molecule has 1 aromatic rings. The highest BCUT2D eigenvalue weighted by atomic mass is 19.1. The van der Waals surface area contributed by atoms with Gasteiger partial charge in [-0.1, -0.05) is 12.1 Å². The number of carbonyl (C=O) groups excluding carboxylic acids is 1. The van der Waals surface area contributed by atoms with E-state index in [1.54, 1.807) is 12.1 Å². The van der Waals surface area contributed by atoms with E-state index >= 15 is 0 Å². The van der Waals surface area contributed by atoms with Crippen LogP contribution in [0.1, 0.15) is 23.7 Å². The predicted octanol–water partition coefficient (Wildman–Crippen LogP) is 1.98. The van der Waals surface area contributed by atoms with Crippen molar-refractivity contribution in [2.24, 2.45) is 5.92 Å². The number of halogens is 1. The number of ether oxygens (including phenoxy) is 1. The fraction of sp³-hybridized carbons (Fsp3) is 0.462. The molecule has 0 aromatic heterocycles. The lowest BCUT2D eigenvalue weighted by Crippen LogP contribution is -2.38. The summed E-state index contributed by atoms with van der Waals surface area (Å²) < 4.78 is 18.6. The Morgan fingerprint density at radius 3 is 2.94 bits per heavy atom. The second-order valence-corrected chi connectivity index (χ2v) is 4.37. The second kappa shape index (κ2) is 5.27. The molecular formula is C13H16FNO2. The van der Waals surface area contributed by atoms with Crippen molar-refractivity contribution in [3.8, 4) is 0 Å². The Kier molecular flexibility index (Phi) is 3.74. The highest BCUT2D eigenvalue weighted by Gasteiger charge is 2.24. The lowest BCUT2D eigenvalue weighted by molar-refractivity contribution is 0.0918. The highest BCUT2D eigenvalue weighted by Crippen LogP contribution is 2.17. The van der Waals surface area contributed by atoms with Gasteiger partial charge >= 0.3 is 0 Å². The summed E-state index contributed by atoms with van der Waals surface area (Å²) in [5, 5.41) is 2.82. The van der Waals surface area contributed by atoms with Gasteiger partial charge < -0.3 is 10.1 Å². The van der Waals surface area contributed by atoms with Gasteiger partial charge in [0.2, 0.25) is 0 Å². The zero-order valence-electron chi connectivity index (χ0n) is 9.78. The first-order valence-electron chi connectivity index (χ1n) is 5.81. The Labute approximate surface area is 100.0 Å². The maximum Gasteiger partial charge on any atom is 0.254 e. The topological polar surface area (TPSA) is 38.3 Å². The molecule has 1 aliphatic heterocycles. The predicted molar refractivity (Wildman–Crippen MR) is 62.3 cm³/mol. The van der Waals surface area contributed by atoms with Crippen molar-refractivity contribution in [2.75, 3.05) is 13.2 Å². The van der Waals surface area contributed by atoms with Crippen LogP contribution in [0.3, 0.4) is 0 Å². The van der Waals surface area contributed by atoms with Gasteiger partial charge in [-0.05, 0) is 25.5 Å². The van der Waals surface area contributed by atoms with E-state index in [9.17, 15) is 9.18 Å². The number of nitrogens with one attached hydrogen (secondary N) is 1. The first kappa shape index (κ1) is 12.0.